The van der Waals surface area contributed by atoms with Crippen LogP contribution in [-0.4, -0.2) is 53.5 Å². The summed E-state index contributed by atoms with van der Waals surface area (Å²) in [6, 6.07) is -0.963. The molecule has 1 unspecified atom stereocenters. The molecule has 1 rings (SSSR count). The van der Waals surface area contributed by atoms with Crippen LogP contribution < -0.4 is 0 Å². The summed E-state index contributed by atoms with van der Waals surface area (Å²) in [5.74, 6) is -0.624. The highest BCUT2D eigenvalue weighted by Gasteiger charge is 2.43. The Labute approximate surface area is 100 Å². The summed E-state index contributed by atoms with van der Waals surface area (Å²) in [7, 11) is 1.22. The van der Waals surface area contributed by atoms with Gasteiger partial charge in [-0.3, -0.25) is 4.90 Å². The Hall–Kier alpha value is -1.30. The van der Waals surface area contributed by atoms with E-state index >= 15 is 0 Å². The number of rotatable bonds is 1. The number of carbonyl (C=O) groups excluding carboxylic acids is 2. The van der Waals surface area contributed by atoms with Crippen LogP contribution in [0.1, 0.15) is 27.2 Å². The lowest BCUT2D eigenvalue weighted by molar-refractivity contribution is -0.148. The minimum Gasteiger partial charge on any atom is -0.467 e. The smallest absolute Gasteiger partial charge is 0.411 e. The average Bonchev–Trinajstić information content (AvgIpc) is 2.56. The summed E-state index contributed by atoms with van der Waals surface area (Å²) < 4.78 is 9.73. The molecule has 98 valence electrons. The Kier molecular flexibility index (Phi) is 3.98. The lowest BCUT2D eigenvalue weighted by Gasteiger charge is -2.27. The third-order valence-corrected chi connectivity index (χ3v) is 2.44. The number of amides is 1. The van der Waals surface area contributed by atoms with Gasteiger partial charge in [0.2, 0.25) is 0 Å². The van der Waals surface area contributed by atoms with Gasteiger partial charge in [-0.25, -0.2) is 9.59 Å². The number of methoxy groups -OCH3 is 1. The van der Waals surface area contributed by atoms with E-state index in [1.54, 1.807) is 20.8 Å². The van der Waals surface area contributed by atoms with Crippen LogP contribution in [-0.2, 0) is 14.3 Å². The fourth-order valence-electron chi connectivity index (χ4n) is 1.71. The Balaban J connectivity index is 2.76. The number of hydrogen-bond acceptors (Lipinski definition) is 5. The molecule has 0 spiro atoms. The molecular weight excluding hydrogens is 226 g/mol. The van der Waals surface area contributed by atoms with Gasteiger partial charge in [0, 0.05) is 6.54 Å². The summed E-state index contributed by atoms with van der Waals surface area (Å²) in [6.45, 7) is 5.51. The number of aliphatic hydroxyl groups excluding tert-OH is 1. The molecule has 0 bridgehead atoms. The van der Waals surface area contributed by atoms with Crippen LogP contribution in [0.15, 0.2) is 0 Å². The first-order valence-electron chi connectivity index (χ1n) is 5.52. The molecule has 1 aliphatic heterocycles. The largest absolute Gasteiger partial charge is 0.467 e. The van der Waals surface area contributed by atoms with E-state index in [1.165, 1.54) is 12.0 Å². The molecule has 1 fully saturated rings. The zero-order chi connectivity index (χ0) is 13.2. The van der Waals surface area contributed by atoms with E-state index in [2.05, 4.69) is 4.74 Å². The van der Waals surface area contributed by atoms with Crippen LogP contribution >= 0.6 is 0 Å². The zero-order valence-electron chi connectivity index (χ0n) is 10.6. The zero-order valence-corrected chi connectivity index (χ0v) is 10.6. The second kappa shape index (κ2) is 4.91. The SMILES string of the molecule is COC(=O)[C@@H]1C(O)CCN1C(=O)OC(C)(C)C. The third kappa shape index (κ3) is 3.33. The molecule has 6 nitrogen and oxygen atoms in total. The summed E-state index contributed by atoms with van der Waals surface area (Å²) >= 11 is 0. The van der Waals surface area contributed by atoms with Gasteiger partial charge in [-0.2, -0.15) is 0 Å². The molecule has 1 heterocycles. The van der Waals surface area contributed by atoms with Crippen LogP contribution in [0.5, 0.6) is 0 Å². The first-order chi connectivity index (χ1) is 7.76. The van der Waals surface area contributed by atoms with E-state index in [0.717, 1.165) is 0 Å². The molecule has 0 saturated carbocycles. The molecular formula is C11H19NO5. The van der Waals surface area contributed by atoms with Gasteiger partial charge in [-0.1, -0.05) is 0 Å². The average molecular weight is 245 g/mol. The van der Waals surface area contributed by atoms with Crippen molar-refractivity contribution in [3.8, 4) is 0 Å². The topological polar surface area (TPSA) is 76.1 Å². The molecule has 6 heteroatoms. The highest BCUT2D eigenvalue weighted by atomic mass is 16.6. The number of carbonyl (C=O) groups is 2. The maximum atomic E-state index is 11.8. The lowest BCUT2D eigenvalue weighted by Crippen LogP contribution is -2.47. The fourth-order valence-corrected chi connectivity index (χ4v) is 1.71. The quantitative estimate of drug-likeness (QED) is 0.682. The highest BCUT2D eigenvalue weighted by Crippen LogP contribution is 2.22. The number of nitrogens with zero attached hydrogens (tertiary/aromatic N) is 1. The van der Waals surface area contributed by atoms with Crippen molar-refractivity contribution in [2.75, 3.05) is 13.7 Å². The van der Waals surface area contributed by atoms with Crippen molar-refractivity contribution in [3.63, 3.8) is 0 Å². The number of esters is 1. The van der Waals surface area contributed by atoms with Gasteiger partial charge in [0.1, 0.15) is 5.60 Å². The predicted molar refractivity (Wildman–Crippen MR) is 59.4 cm³/mol. The molecule has 0 aliphatic carbocycles. The second-order valence-electron chi connectivity index (χ2n) is 5.00. The Morgan fingerprint density at radius 2 is 1.94 bits per heavy atom. The van der Waals surface area contributed by atoms with E-state index in [9.17, 15) is 14.7 Å². The minimum absolute atomic E-state index is 0.288. The van der Waals surface area contributed by atoms with Crippen molar-refractivity contribution in [2.45, 2.75) is 44.9 Å². The van der Waals surface area contributed by atoms with Crippen LogP contribution in [0.3, 0.4) is 0 Å². The summed E-state index contributed by atoms with van der Waals surface area (Å²) in [5.41, 5.74) is -0.634. The summed E-state index contributed by atoms with van der Waals surface area (Å²) in [5, 5.41) is 9.66. The molecule has 0 radical (unpaired) electrons. The number of ether oxygens (including phenoxy) is 2. The van der Waals surface area contributed by atoms with E-state index in [1.807, 2.05) is 0 Å². The van der Waals surface area contributed by atoms with Gasteiger partial charge in [0.05, 0.1) is 13.2 Å². The molecule has 0 aromatic heterocycles. The van der Waals surface area contributed by atoms with Gasteiger partial charge in [0.25, 0.3) is 0 Å². The van der Waals surface area contributed by atoms with Crippen molar-refractivity contribution in [2.24, 2.45) is 0 Å². The normalized spacial score (nSPS) is 24.6. The van der Waals surface area contributed by atoms with Gasteiger partial charge in [0.15, 0.2) is 6.04 Å². The van der Waals surface area contributed by atoms with Gasteiger partial charge < -0.3 is 14.6 Å². The van der Waals surface area contributed by atoms with Crippen molar-refractivity contribution >= 4 is 12.1 Å². The Morgan fingerprint density at radius 1 is 1.35 bits per heavy atom. The van der Waals surface area contributed by atoms with Gasteiger partial charge in [-0.15, -0.1) is 0 Å². The highest BCUT2D eigenvalue weighted by molar-refractivity contribution is 5.82. The lowest BCUT2D eigenvalue weighted by atomic mass is 10.2. The van der Waals surface area contributed by atoms with E-state index in [-0.39, 0.29) is 6.54 Å². The first-order valence-corrected chi connectivity index (χ1v) is 5.52. The van der Waals surface area contributed by atoms with Crippen molar-refractivity contribution in [1.82, 2.24) is 4.90 Å². The van der Waals surface area contributed by atoms with E-state index < -0.39 is 29.8 Å². The monoisotopic (exact) mass is 245 g/mol. The van der Waals surface area contributed by atoms with Crippen molar-refractivity contribution in [1.29, 1.82) is 0 Å². The molecule has 1 aliphatic rings. The van der Waals surface area contributed by atoms with Crippen LogP contribution in [0, 0.1) is 0 Å². The molecule has 2 atom stereocenters. The molecule has 1 saturated heterocycles. The second-order valence-corrected chi connectivity index (χ2v) is 5.00. The maximum absolute atomic E-state index is 11.8. The van der Waals surface area contributed by atoms with E-state index in [4.69, 9.17) is 4.74 Å². The number of aliphatic hydroxyl groups is 1. The van der Waals surface area contributed by atoms with Crippen LogP contribution in [0.2, 0.25) is 0 Å². The number of likely N-dealkylation sites (tertiary alicyclic amines) is 1. The summed E-state index contributed by atoms with van der Waals surface area (Å²) in [4.78, 5) is 24.5. The van der Waals surface area contributed by atoms with Gasteiger partial charge in [-0.05, 0) is 27.2 Å². The standard InChI is InChI=1S/C11H19NO5/c1-11(2,3)17-10(15)12-6-5-7(13)8(12)9(14)16-4/h7-8,13H,5-6H2,1-4H3/t7?,8-/m0/s1. The van der Waals surface area contributed by atoms with Crippen molar-refractivity contribution < 1.29 is 24.2 Å². The predicted octanol–water partition coefficient (Wildman–Crippen LogP) is 0.530. The van der Waals surface area contributed by atoms with Gasteiger partial charge >= 0.3 is 12.1 Å². The molecule has 1 amide bonds. The maximum Gasteiger partial charge on any atom is 0.411 e. The third-order valence-electron chi connectivity index (χ3n) is 2.44. The summed E-state index contributed by atoms with van der Waals surface area (Å²) in [6.07, 6.45) is -1.15. The van der Waals surface area contributed by atoms with Crippen molar-refractivity contribution in [3.05, 3.63) is 0 Å². The van der Waals surface area contributed by atoms with Crippen LogP contribution in [0.4, 0.5) is 4.79 Å². The number of hydrogen-bond donors (Lipinski definition) is 1. The Bertz CT molecular complexity index is 309. The van der Waals surface area contributed by atoms with E-state index in [0.29, 0.717) is 6.42 Å². The fraction of sp³-hybridized carbons (Fsp3) is 0.818. The molecule has 1 N–H and O–H groups in total. The molecule has 0 aromatic rings. The molecule has 17 heavy (non-hydrogen) atoms. The Morgan fingerprint density at radius 3 is 2.41 bits per heavy atom. The minimum atomic E-state index is -0.963. The first kappa shape index (κ1) is 13.8. The van der Waals surface area contributed by atoms with Crippen LogP contribution in [0.25, 0.3) is 0 Å². The molecule has 0 aromatic carbocycles.